The van der Waals surface area contributed by atoms with Gasteiger partial charge < -0.3 is 15.4 Å². The van der Waals surface area contributed by atoms with Gasteiger partial charge in [0.25, 0.3) is 0 Å². The molecular formula is C12H17BrN2OS. The van der Waals surface area contributed by atoms with Gasteiger partial charge in [0, 0.05) is 6.54 Å². The van der Waals surface area contributed by atoms with Crippen molar-refractivity contribution >= 4 is 33.3 Å². The van der Waals surface area contributed by atoms with Crippen LogP contribution >= 0.6 is 28.1 Å². The molecular weight excluding hydrogens is 300 g/mol. The summed E-state index contributed by atoms with van der Waals surface area (Å²) in [6, 6.07) is 6.15. The minimum absolute atomic E-state index is 0.156. The van der Waals surface area contributed by atoms with E-state index in [0.717, 1.165) is 22.3 Å². The van der Waals surface area contributed by atoms with Crippen LogP contribution in [0.1, 0.15) is 25.5 Å². The Kier molecular flexibility index (Phi) is 5.71. The van der Waals surface area contributed by atoms with E-state index >= 15 is 0 Å². The smallest absolute Gasteiger partial charge is 0.166 e. The maximum Gasteiger partial charge on any atom is 0.166 e. The van der Waals surface area contributed by atoms with Gasteiger partial charge in [0.05, 0.1) is 17.6 Å². The van der Waals surface area contributed by atoms with E-state index in [9.17, 15) is 0 Å². The normalized spacial score (nSPS) is 11.8. The Morgan fingerprint density at radius 1 is 1.53 bits per heavy atom. The zero-order chi connectivity index (χ0) is 12.8. The van der Waals surface area contributed by atoms with Crippen molar-refractivity contribution in [1.29, 1.82) is 0 Å². The fourth-order valence-corrected chi connectivity index (χ4v) is 2.32. The molecule has 5 heteroatoms. The highest BCUT2D eigenvalue weighted by Gasteiger charge is 2.09. The summed E-state index contributed by atoms with van der Waals surface area (Å²) < 4.78 is 6.14. The predicted octanol–water partition coefficient (Wildman–Crippen LogP) is 3.00. The molecule has 0 amide bonds. The fourth-order valence-electron chi connectivity index (χ4n) is 1.44. The lowest BCUT2D eigenvalue weighted by atomic mass is 10.1. The lowest BCUT2D eigenvalue weighted by Crippen LogP contribution is -2.36. The SMILES string of the molecule is CCNC(=S)N[C@H](C)c1ccc(OC)c(Br)c1. The van der Waals surface area contributed by atoms with Crippen molar-refractivity contribution in [1.82, 2.24) is 10.6 Å². The first-order chi connectivity index (χ1) is 8.08. The Bertz CT molecular complexity index is 398. The van der Waals surface area contributed by atoms with Gasteiger partial charge in [-0.25, -0.2) is 0 Å². The molecule has 0 fully saturated rings. The Balaban J connectivity index is 2.72. The molecule has 0 spiro atoms. The molecule has 0 radical (unpaired) electrons. The number of methoxy groups -OCH3 is 1. The lowest BCUT2D eigenvalue weighted by Gasteiger charge is -2.17. The van der Waals surface area contributed by atoms with E-state index in [1.165, 1.54) is 0 Å². The summed E-state index contributed by atoms with van der Waals surface area (Å²) in [5.74, 6) is 0.829. The van der Waals surface area contributed by atoms with Gasteiger partial charge in [0.2, 0.25) is 0 Å². The van der Waals surface area contributed by atoms with E-state index < -0.39 is 0 Å². The van der Waals surface area contributed by atoms with Gasteiger partial charge in [-0.15, -0.1) is 0 Å². The third-order valence-electron chi connectivity index (χ3n) is 2.36. The molecule has 0 saturated heterocycles. The number of nitrogens with one attached hydrogen (secondary N) is 2. The van der Waals surface area contributed by atoms with Crippen LogP contribution in [0.2, 0.25) is 0 Å². The molecule has 0 unspecified atom stereocenters. The third-order valence-corrected chi connectivity index (χ3v) is 3.24. The number of hydrogen-bond donors (Lipinski definition) is 2. The quantitative estimate of drug-likeness (QED) is 0.837. The zero-order valence-corrected chi connectivity index (χ0v) is 12.6. The van der Waals surface area contributed by atoms with Crippen LogP contribution in [0.4, 0.5) is 0 Å². The summed E-state index contributed by atoms with van der Waals surface area (Å²) in [5.41, 5.74) is 1.15. The first-order valence-electron chi connectivity index (χ1n) is 5.46. The van der Waals surface area contributed by atoms with Gasteiger partial charge in [0.1, 0.15) is 5.75 Å². The van der Waals surface area contributed by atoms with E-state index in [-0.39, 0.29) is 6.04 Å². The molecule has 3 nitrogen and oxygen atoms in total. The number of halogens is 1. The highest BCUT2D eigenvalue weighted by molar-refractivity contribution is 9.10. The molecule has 0 aliphatic carbocycles. The minimum atomic E-state index is 0.156. The minimum Gasteiger partial charge on any atom is -0.496 e. The molecule has 0 aliphatic heterocycles. The number of ether oxygens (including phenoxy) is 1. The van der Waals surface area contributed by atoms with Crippen LogP contribution in [0, 0.1) is 0 Å². The summed E-state index contributed by atoms with van der Waals surface area (Å²) in [5, 5.41) is 6.96. The second-order valence-corrected chi connectivity index (χ2v) is 4.88. The molecule has 94 valence electrons. The van der Waals surface area contributed by atoms with Gasteiger partial charge in [-0.2, -0.15) is 0 Å². The molecule has 1 atom stereocenters. The second-order valence-electron chi connectivity index (χ2n) is 3.62. The number of rotatable bonds is 4. The van der Waals surface area contributed by atoms with E-state index in [0.29, 0.717) is 5.11 Å². The number of thiocarbonyl (C=S) groups is 1. The van der Waals surface area contributed by atoms with E-state index in [2.05, 4.69) is 33.5 Å². The first kappa shape index (κ1) is 14.3. The van der Waals surface area contributed by atoms with Crippen molar-refractivity contribution in [2.45, 2.75) is 19.9 Å². The zero-order valence-electron chi connectivity index (χ0n) is 10.2. The number of hydrogen-bond acceptors (Lipinski definition) is 2. The standard InChI is InChI=1S/C12H17BrN2OS/c1-4-14-12(17)15-8(2)9-5-6-11(16-3)10(13)7-9/h5-8H,4H2,1-3H3,(H2,14,15,17)/t8-/m1/s1. The maximum absolute atomic E-state index is 5.19. The van der Waals surface area contributed by atoms with Crippen LogP contribution in [-0.2, 0) is 0 Å². The molecule has 0 heterocycles. The average Bonchev–Trinajstić information content (AvgIpc) is 2.29. The van der Waals surface area contributed by atoms with Crippen LogP contribution < -0.4 is 15.4 Å². The van der Waals surface area contributed by atoms with Crippen molar-refractivity contribution < 1.29 is 4.74 Å². The molecule has 17 heavy (non-hydrogen) atoms. The first-order valence-corrected chi connectivity index (χ1v) is 6.66. The summed E-state index contributed by atoms with van der Waals surface area (Å²) >= 11 is 8.62. The highest BCUT2D eigenvalue weighted by atomic mass is 79.9. The summed E-state index contributed by atoms with van der Waals surface area (Å²) in [6.45, 7) is 4.91. The molecule has 0 aliphatic rings. The largest absolute Gasteiger partial charge is 0.496 e. The molecule has 1 aromatic carbocycles. The fraction of sp³-hybridized carbons (Fsp3) is 0.417. The van der Waals surface area contributed by atoms with Gasteiger partial charge in [-0.3, -0.25) is 0 Å². The van der Waals surface area contributed by atoms with Crippen LogP contribution in [0.5, 0.6) is 5.75 Å². The Hall–Kier alpha value is -0.810. The number of benzene rings is 1. The van der Waals surface area contributed by atoms with E-state index in [4.69, 9.17) is 17.0 Å². The predicted molar refractivity (Wildman–Crippen MR) is 78.5 cm³/mol. The van der Waals surface area contributed by atoms with Crippen molar-refractivity contribution in [3.63, 3.8) is 0 Å². The van der Waals surface area contributed by atoms with E-state index in [1.54, 1.807) is 7.11 Å². The molecule has 2 N–H and O–H groups in total. The highest BCUT2D eigenvalue weighted by Crippen LogP contribution is 2.27. The Morgan fingerprint density at radius 2 is 2.24 bits per heavy atom. The van der Waals surface area contributed by atoms with Crippen LogP contribution in [0.15, 0.2) is 22.7 Å². The van der Waals surface area contributed by atoms with E-state index in [1.807, 2.05) is 25.1 Å². The third kappa shape index (κ3) is 4.16. The Morgan fingerprint density at radius 3 is 2.76 bits per heavy atom. The van der Waals surface area contributed by atoms with Gasteiger partial charge in [0.15, 0.2) is 5.11 Å². The monoisotopic (exact) mass is 316 g/mol. The summed E-state index contributed by atoms with van der Waals surface area (Å²) in [4.78, 5) is 0. The van der Waals surface area contributed by atoms with Crippen molar-refractivity contribution in [2.24, 2.45) is 0 Å². The van der Waals surface area contributed by atoms with Gasteiger partial charge in [-0.05, 0) is 59.7 Å². The molecule has 0 aromatic heterocycles. The molecule has 1 aromatic rings. The van der Waals surface area contributed by atoms with Crippen LogP contribution in [0.25, 0.3) is 0 Å². The second kappa shape index (κ2) is 6.81. The summed E-state index contributed by atoms with van der Waals surface area (Å²) in [6.07, 6.45) is 0. The molecule has 1 rings (SSSR count). The van der Waals surface area contributed by atoms with Gasteiger partial charge >= 0.3 is 0 Å². The van der Waals surface area contributed by atoms with Gasteiger partial charge in [-0.1, -0.05) is 6.07 Å². The maximum atomic E-state index is 5.19. The van der Waals surface area contributed by atoms with Crippen LogP contribution in [0.3, 0.4) is 0 Å². The summed E-state index contributed by atoms with van der Waals surface area (Å²) in [7, 11) is 1.65. The van der Waals surface area contributed by atoms with Crippen molar-refractivity contribution in [3.8, 4) is 5.75 Å². The molecule has 0 saturated carbocycles. The lowest BCUT2D eigenvalue weighted by molar-refractivity contribution is 0.412. The average molecular weight is 317 g/mol. The topological polar surface area (TPSA) is 33.3 Å². The Labute approximate surface area is 116 Å². The van der Waals surface area contributed by atoms with Crippen LogP contribution in [-0.4, -0.2) is 18.8 Å². The van der Waals surface area contributed by atoms with Crippen molar-refractivity contribution in [2.75, 3.05) is 13.7 Å². The molecule has 0 bridgehead atoms. The van der Waals surface area contributed by atoms with Crippen molar-refractivity contribution in [3.05, 3.63) is 28.2 Å².